The average molecular weight is 249 g/mol. The Morgan fingerprint density at radius 1 is 1.35 bits per heavy atom. The molecular weight excluding hydrogens is 235 g/mol. The Morgan fingerprint density at radius 2 is 2.12 bits per heavy atom. The molecule has 6 heteroatoms. The first kappa shape index (κ1) is 13.8. The maximum Gasteiger partial charge on any atom is 0.261 e. The molecule has 0 aliphatic carbocycles. The van der Waals surface area contributed by atoms with Gasteiger partial charge in [-0.05, 0) is 18.2 Å². The van der Waals surface area contributed by atoms with Crippen LogP contribution in [0.4, 0.5) is 13.2 Å². The largest absolute Gasteiger partial charge is 0.508 e. The number of aromatic hydroxyl groups is 1. The van der Waals surface area contributed by atoms with Crippen molar-refractivity contribution >= 4 is 0 Å². The van der Waals surface area contributed by atoms with Crippen molar-refractivity contribution in [2.45, 2.75) is 13.0 Å². The molecule has 0 bridgehead atoms. The van der Waals surface area contributed by atoms with Gasteiger partial charge in [0.25, 0.3) is 6.43 Å². The van der Waals surface area contributed by atoms with E-state index in [-0.39, 0.29) is 18.9 Å². The smallest absolute Gasteiger partial charge is 0.261 e. The molecule has 1 aromatic rings. The van der Waals surface area contributed by atoms with Crippen LogP contribution in [0, 0.1) is 5.82 Å². The highest BCUT2D eigenvalue weighted by molar-refractivity contribution is 5.32. The summed E-state index contributed by atoms with van der Waals surface area (Å²) in [6, 6.07) is 3.63. The highest BCUT2D eigenvalue weighted by atomic mass is 19.3. The molecule has 1 rings (SSSR count). The van der Waals surface area contributed by atoms with Gasteiger partial charge in [0.1, 0.15) is 18.2 Å². The van der Waals surface area contributed by atoms with Crippen molar-refractivity contribution in [1.29, 1.82) is 0 Å². The van der Waals surface area contributed by atoms with Crippen molar-refractivity contribution < 1.29 is 23.0 Å². The van der Waals surface area contributed by atoms with Gasteiger partial charge in [-0.25, -0.2) is 13.2 Å². The van der Waals surface area contributed by atoms with Crippen molar-refractivity contribution in [3.05, 3.63) is 29.6 Å². The van der Waals surface area contributed by atoms with Gasteiger partial charge in [-0.1, -0.05) is 0 Å². The maximum atomic E-state index is 12.8. The second kappa shape index (κ2) is 7.13. The van der Waals surface area contributed by atoms with Crippen LogP contribution in [0.3, 0.4) is 0 Å². The van der Waals surface area contributed by atoms with E-state index in [4.69, 9.17) is 0 Å². The van der Waals surface area contributed by atoms with Gasteiger partial charge in [-0.3, -0.25) is 0 Å². The lowest BCUT2D eigenvalue weighted by Crippen LogP contribution is -2.20. The fourth-order valence-corrected chi connectivity index (χ4v) is 1.24. The number of nitrogens with one attached hydrogen (secondary N) is 1. The summed E-state index contributed by atoms with van der Waals surface area (Å²) < 4.78 is 40.8. The molecule has 0 atom stereocenters. The van der Waals surface area contributed by atoms with E-state index in [0.717, 1.165) is 6.07 Å². The number of rotatable bonds is 7. The van der Waals surface area contributed by atoms with Crippen molar-refractivity contribution in [1.82, 2.24) is 5.32 Å². The molecule has 3 nitrogen and oxygen atoms in total. The number of alkyl halides is 2. The van der Waals surface area contributed by atoms with Gasteiger partial charge in [0.2, 0.25) is 0 Å². The number of phenolic OH excluding ortho intramolecular Hbond substituents is 1. The van der Waals surface area contributed by atoms with Crippen LogP contribution in [0.1, 0.15) is 5.56 Å². The van der Waals surface area contributed by atoms with Gasteiger partial charge in [-0.2, -0.15) is 0 Å². The van der Waals surface area contributed by atoms with Gasteiger partial charge in [0, 0.05) is 18.7 Å². The zero-order valence-corrected chi connectivity index (χ0v) is 9.13. The van der Waals surface area contributed by atoms with Crippen molar-refractivity contribution in [2.24, 2.45) is 0 Å². The van der Waals surface area contributed by atoms with Crippen LogP contribution in [0.2, 0.25) is 0 Å². The molecule has 0 heterocycles. The Hall–Kier alpha value is -1.27. The fourth-order valence-electron chi connectivity index (χ4n) is 1.24. The number of hydrogen-bond donors (Lipinski definition) is 2. The molecule has 0 aliphatic heterocycles. The number of halogens is 3. The third kappa shape index (κ3) is 5.55. The van der Waals surface area contributed by atoms with Crippen LogP contribution < -0.4 is 5.32 Å². The Morgan fingerprint density at radius 3 is 2.82 bits per heavy atom. The van der Waals surface area contributed by atoms with E-state index in [1.807, 2.05) is 0 Å². The van der Waals surface area contributed by atoms with Crippen LogP contribution in [0.5, 0.6) is 5.75 Å². The number of ether oxygens (including phenoxy) is 1. The Labute approximate surface area is 97.2 Å². The molecule has 0 spiro atoms. The summed E-state index contributed by atoms with van der Waals surface area (Å²) in [7, 11) is 0. The molecule has 0 aromatic heterocycles. The summed E-state index contributed by atoms with van der Waals surface area (Å²) >= 11 is 0. The topological polar surface area (TPSA) is 41.5 Å². The normalized spacial score (nSPS) is 11.1. The van der Waals surface area contributed by atoms with Crippen molar-refractivity contribution in [2.75, 3.05) is 19.8 Å². The Kier molecular flexibility index (Phi) is 5.79. The first-order chi connectivity index (χ1) is 8.09. The molecule has 96 valence electrons. The molecule has 0 radical (unpaired) electrons. The second-order valence-corrected chi connectivity index (χ2v) is 3.42. The lowest BCUT2D eigenvalue weighted by Gasteiger charge is -2.07. The fraction of sp³-hybridized carbons (Fsp3) is 0.455. The van der Waals surface area contributed by atoms with E-state index in [2.05, 4.69) is 10.1 Å². The van der Waals surface area contributed by atoms with E-state index >= 15 is 0 Å². The second-order valence-electron chi connectivity index (χ2n) is 3.42. The monoisotopic (exact) mass is 249 g/mol. The molecule has 0 saturated heterocycles. The third-order valence-electron chi connectivity index (χ3n) is 2.02. The van der Waals surface area contributed by atoms with Gasteiger partial charge < -0.3 is 15.2 Å². The summed E-state index contributed by atoms with van der Waals surface area (Å²) in [4.78, 5) is 0. The highest BCUT2D eigenvalue weighted by Gasteiger charge is 2.03. The van der Waals surface area contributed by atoms with Crippen LogP contribution in [0.25, 0.3) is 0 Å². The third-order valence-corrected chi connectivity index (χ3v) is 2.02. The Balaban J connectivity index is 2.20. The van der Waals surface area contributed by atoms with Crippen LogP contribution in [0.15, 0.2) is 18.2 Å². The number of hydrogen-bond acceptors (Lipinski definition) is 3. The van der Waals surface area contributed by atoms with Crippen LogP contribution in [-0.4, -0.2) is 31.3 Å². The van der Waals surface area contributed by atoms with E-state index in [0.29, 0.717) is 12.1 Å². The van der Waals surface area contributed by atoms with E-state index in [1.54, 1.807) is 0 Å². The zero-order valence-electron chi connectivity index (χ0n) is 9.13. The lowest BCUT2D eigenvalue weighted by atomic mass is 10.2. The molecule has 1 aromatic carbocycles. The van der Waals surface area contributed by atoms with Gasteiger partial charge in [0.15, 0.2) is 0 Å². The van der Waals surface area contributed by atoms with E-state index in [9.17, 15) is 18.3 Å². The predicted octanol–water partition coefficient (Wildman–Crippen LogP) is 1.90. The van der Waals surface area contributed by atoms with Gasteiger partial charge in [-0.15, -0.1) is 0 Å². The minimum absolute atomic E-state index is 0.00704. The molecule has 0 unspecified atom stereocenters. The molecule has 0 saturated carbocycles. The minimum atomic E-state index is -2.47. The van der Waals surface area contributed by atoms with E-state index in [1.165, 1.54) is 12.1 Å². The molecule has 0 aliphatic rings. The summed E-state index contributed by atoms with van der Waals surface area (Å²) in [5, 5.41) is 12.2. The molecule has 17 heavy (non-hydrogen) atoms. The van der Waals surface area contributed by atoms with Crippen LogP contribution in [-0.2, 0) is 11.3 Å². The standard InChI is InChI=1S/C11H14F3NO2/c12-9-1-2-10(16)8(5-9)6-15-3-4-17-7-11(13)14/h1-2,5,11,15-16H,3-4,6-7H2. The first-order valence-corrected chi connectivity index (χ1v) is 5.13. The van der Waals surface area contributed by atoms with Crippen LogP contribution >= 0.6 is 0 Å². The molecule has 0 fully saturated rings. The molecule has 0 amide bonds. The van der Waals surface area contributed by atoms with E-state index < -0.39 is 18.8 Å². The van der Waals surface area contributed by atoms with Crippen molar-refractivity contribution in [3.8, 4) is 5.75 Å². The van der Waals surface area contributed by atoms with Crippen molar-refractivity contribution in [3.63, 3.8) is 0 Å². The predicted molar refractivity (Wildman–Crippen MR) is 56.6 cm³/mol. The summed E-state index contributed by atoms with van der Waals surface area (Å²) in [6.45, 7) is 0.150. The first-order valence-electron chi connectivity index (χ1n) is 5.13. The maximum absolute atomic E-state index is 12.8. The number of benzene rings is 1. The molecular formula is C11H14F3NO2. The molecule has 2 N–H and O–H groups in total. The summed E-state index contributed by atoms with van der Waals surface area (Å²) in [5.74, 6) is -0.444. The highest BCUT2D eigenvalue weighted by Crippen LogP contribution is 2.17. The number of phenols is 1. The zero-order chi connectivity index (χ0) is 12.7. The summed E-state index contributed by atoms with van der Waals surface area (Å²) in [6.07, 6.45) is -2.47. The Bertz CT molecular complexity index is 347. The average Bonchev–Trinajstić information content (AvgIpc) is 2.27. The quantitative estimate of drug-likeness (QED) is 0.725. The lowest BCUT2D eigenvalue weighted by molar-refractivity contribution is 0.0187. The minimum Gasteiger partial charge on any atom is -0.508 e. The van der Waals surface area contributed by atoms with Gasteiger partial charge in [0.05, 0.1) is 6.61 Å². The van der Waals surface area contributed by atoms with Gasteiger partial charge >= 0.3 is 0 Å². The SMILES string of the molecule is Oc1ccc(F)cc1CNCCOCC(F)F. The summed E-state index contributed by atoms with van der Waals surface area (Å²) in [5.41, 5.74) is 0.416.